The Labute approximate surface area is 240 Å². The molecule has 0 radical (unpaired) electrons. The third-order valence-electron chi connectivity index (χ3n) is 9.54. The lowest BCUT2D eigenvalue weighted by molar-refractivity contribution is -0.142. The van der Waals surface area contributed by atoms with E-state index in [4.69, 9.17) is 16.3 Å². The number of fused-ring (bicyclic) bond motifs is 1. The van der Waals surface area contributed by atoms with E-state index in [-0.39, 0.29) is 30.3 Å². The Hall–Kier alpha value is -3.16. The number of hydrogen-bond donors (Lipinski definition) is 2. The first-order valence-corrected chi connectivity index (χ1v) is 14.7. The maximum absolute atomic E-state index is 14.2. The maximum Gasteiger partial charge on any atom is 0.246 e. The first kappa shape index (κ1) is 27.0. The predicted octanol–water partition coefficient (Wildman–Crippen LogP) is 4.88. The highest BCUT2D eigenvalue weighted by Gasteiger charge is 2.72. The van der Waals surface area contributed by atoms with Crippen LogP contribution in [-0.4, -0.2) is 46.4 Å². The summed E-state index contributed by atoms with van der Waals surface area (Å²) < 4.78 is 6.49. The molecule has 2 bridgehead atoms. The Morgan fingerprint density at radius 2 is 1.77 bits per heavy atom. The van der Waals surface area contributed by atoms with Crippen molar-refractivity contribution >= 4 is 35.0 Å². The van der Waals surface area contributed by atoms with Gasteiger partial charge in [-0.3, -0.25) is 14.4 Å². The highest BCUT2D eigenvalue weighted by Crippen LogP contribution is 2.55. The minimum Gasteiger partial charge on any atom is -0.359 e. The Morgan fingerprint density at radius 3 is 2.50 bits per heavy atom. The second kappa shape index (κ2) is 10.3. The fraction of sp³-hybridized carbons (Fsp3) is 0.469. The van der Waals surface area contributed by atoms with Crippen LogP contribution in [0.1, 0.15) is 44.2 Å². The number of carbonyl (C=O) groups is 3. The predicted molar refractivity (Wildman–Crippen MR) is 153 cm³/mol. The Morgan fingerprint density at radius 1 is 1.05 bits per heavy atom. The van der Waals surface area contributed by atoms with Crippen LogP contribution in [0.15, 0.2) is 60.7 Å². The summed E-state index contributed by atoms with van der Waals surface area (Å²) in [5.74, 6) is -1.44. The molecule has 1 spiro atoms. The van der Waals surface area contributed by atoms with E-state index in [2.05, 4.69) is 24.5 Å². The minimum atomic E-state index is -1.19. The topological polar surface area (TPSA) is 87.7 Å². The third-order valence-corrected chi connectivity index (χ3v) is 9.80. The molecule has 1 saturated carbocycles. The second-order valence-corrected chi connectivity index (χ2v) is 12.5. The van der Waals surface area contributed by atoms with Crippen LogP contribution >= 0.6 is 11.6 Å². The standard InChI is InChI=1S/C32H36ClN3O4/c1-18-7-9-21(10-8-18)17-36-28(30(38)35-24-6-4-5-19(2)20(24)3)32-16-15-25(40-32)26(27(32)31(36)39)29(37)34-23-13-11-22(33)12-14-23/h7-16,19-20,24-28H,4-6,17H2,1-3H3,(H,34,37)(H,35,38)/t19-,20+,24-,25-,26-,27-,28+,32+/m1/s1. The van der Waals surface area contributed by atoms with Gasteiger partial charge in [0, 0.05) is 23.3 Å². The van der Waals surface area contributed by atoms with Crippen LogP contribution in [-0.2, 0) is 25.7 Å². The van der Waals surface area contributed by atoms with Crippen LogP contribution < -0.4 is 10.6 Å². The minimum absolute atomic E-state index is 0.0367. The van der Waals surface area contributed by atoms with Crippen molar-refractivity contribution in [3.05, 3.63) is 76.8 Å². The number of benzene rings is 2. The van der Waals surface area contributed by atoms with E-state index < -0.39 is 29.6 Å². The first-order valence-electron chi connectivity index (χ1n) is 14.3. The molecule has 1 aliphatic carbocycles. The van der Waals surface area contributed by atoms with E-state index >= 15 is 0 Å². The number of rotatable bonds is 6. The van der Waals surface area contributed by atoms with E-state index in [1.54, 1.807) is 29.2 Å². The molecule has 3 aliphatic heterocycles. The lowest BCUT2D eigenvalue weighted by atomic mass is 9.73. The van der Waals surface area contributed by atoms with Crippen LogP contribution in [0.2, 0.25) is 5.02 Å². The Bertz CT molecular complexity index is 1340. The van der Waals surface area contributed by atoms with Crippen LogP contribution in [0.3, 0.4) is 0 Å². The van der Waals surface area contributed by atoms with Crippen LogP contribution in [0, 0.1) is 30.6 Å². The van der Waals surface area contributed by atoms with Gasteiger partial charge in [0.25, 0.3) is 0 Å². The van der Waals surface area contributed by atoms with Gasteiger partial charge in [-0.2, -0.15) is 0 Å². The largest absolute Gasteiger partial charge is 0.359 e. The van der Waals surface area contributed by atoms with Gasteiger partial charge in [0.05, 0.1) is 17.9 Å². The normalized spacial score (nSPS) is 34.1. The van der Waals surface area contributed by atoms with Crippen molar-refractivity contribution in [3.63, 3.8) is 0 Å². The highest BCUT2D eigenvalue weighted by atomic mass is 35.5. The second-order valence-electron chi connectivity index (χ2n) is 12.0. The number of carbonyl (C=O) groups excluding carboxylic acids is 3. The van der Waals surface area contributed by atoms with Crippen molar-refractivity contribution in [1.29, 1.82) is 0 Å². The van der Waals surface area contributed by atoms with Gasteiger partial charge in [-0.05, 0) is 55.0 Å². The molecule has 0 aromatic heterocycles. The van der Waals surface area contributed by atoms with Crippen molar-refractivity contribution < 1.29 is 19.1 Å². The molecule has 3 heterocycles. The van der Waals surface area contributed by atoms with Crippen LogP contribution in [0.25, 0.3) is 0 Å². The van der Waals surface area contributed by atoms with Gasteiger partial charge in [-0.1, -0.05) is 80.3 Å². The molecule has 2 N–H and O–H groups in total. The monoisotopic (exact) mass is 561 g/mol. The van der Waals surface area contributed by atoms with E-state index in [1.165, 1.54) is 0 Å². The summed E-state index contributed by atoms with van der Waals surface area (Å²) in [5.41, 5.74) is 1.44. The zero-order chi connectivity index (χ0) is 28.2. The lowest BCUT2D eigenvalue weighted by Crippen LogP contribution is -2.57. The van der Waals surface area contributed by atoms with Crippen LogP contribution in [0.5, 0.6) is 0 Å². The average Bonchev–Trinajstić information content (AvgIpc) is 3.57. The van der Waals surface area contributed by atoms with Crippen molar-refractivity contribution in [2.24, 2.45) is 23.7 Å². The number of aryl methyl sites for hydroxylation is 1. The Balaban J connectivity index is 1.32. The maximum atomic E-state index is 14.2. The number of nitrogens with one attached hydrogen (secondary N) is 2. The zero-order valence-corrected chi connectivity index (χ0v) is 23.9. The van der Waals surface area contributed by atoms with Gasteiger partial charge >= 0.3 is 0 Å². The smallest absolute Gasteiger partial charge is 0.246 e. The molecule has 8 heteroatoms. The summed E-state index contributed by atoms with van der Waals surface area (Å²) in [6, 6.07) is 14.0. The van der Waals surface area contributed by atoms with Gasteiger partial charge in [0.15, 0.2) is 0 Å². The molecule has 2 saturated heterocycles. The number of ether oxygens (including phenoxy) is 1. The van der Waals surface area contributed by atoms with Crippen LogP contribution in [0.4, 0.5) is 5.69 Å². The summed E-state index contributed by atoms with van der Waals surface area (Å²) in [4.78, 5) is 43.6. The number of hydrogen-bond acceptors (Lipinski definition) is 4. The SMILES string of the molecule is Cc1ccc(CN2C(=O)[C@H]3[C@H](C(=O)Nc4ccc(Cl)cc4)[C@H]4C=C[C@@]3(O4)[C@@H]2C(=O)N[C@@H]2CCC[C@@H](C)[C@@H]2C)cc1. The number of anilines is 1. The molecule has 8 atom stereocenters. The summed E-state index contributed by atoms with van der Waals surface area (Å²) in [5, 5.41) is 6.81. The quantitative estimate of drug-likeness (QED) is 0.492. The number of halogens is 1. The van der Waals surface area contributed by atoms with Crippen molar-refractivity contribution in [2.75, 3.05) is 5.32 Å². The fourth-order valence-corrected chi connectivity index (χ4v) is 7.26. The molecule has 4 aliphatic rings. The van der Waals surface area contributed by atoms with E-state index in [0.29, 0.717) is 22.5 Å². The van der Waals surface area contributed by atoms with Gasteiger partial charge in [-0.15, -0.1) is 0 Å². The summed E-state index contributed by atoms with van der Waals surface area (Å²) in [6.45, 7) is 6.70. The lowest BCUT2D eigenvalue weighted by Gasteiger charge is -2.38. The van der Waals surface area contributed by atoms with Gasteiger partial charge < -0.3 is 20.3 Å². The molecule has 2 aromatic rings. The molecule has 0 unspecified atom stereocenters. The number of likely N-dealkylation sites (tertiary alicyclic amines) is 1. The Kier molecular flexibility index (Phi) is 6.99. The third kappa shape index (κ3) is 4.53. The number of nitrogens with zero attached hydrogens (tertiary/aromatic N) is 1. The molecule has 3 fully saturated rings. The fourth-order valence-electron chi connectivity index (χ4n) is 7.13. The van der Waals surface area contributed by atoms with Crippen molar-refractivity contribution in [3.8, 4) is 0 Å². The van der Waals surface area contributed by atoms with Crippen molar-refractivity contribution in [1.82, 2.24) is 10.2 Å². The summed E-state index contributed by atoms with van der Waals surface area (Å²) in [6.07, 6.45) is 6.25. The van der Waals surface area contributed by atoms with E-state index in [0.717, 1.165) is 30.4 Å². The first-order chi connectivity index (χ1) is 19.2. The summed E-state index contributed by atoms with van der Waals surface area (Å²) in [7, 11) is 0. The van der Waals surface area contributed by atoms with Gasteiger partial charge in [0.1, 0.15) is 11.6 Å². The average molecular weight is 562 g/mol. The molecule has 7 nitrogen and oxygen atoms in total. The number of amides is 3. The van der Waals surface area contributed by atoms with Crippen molar-refractivity contribution in [2.45, 2.75) is 70.4 Å². The highest BCUT2D eigenvalue weighted by molar-refractivity contribution is 6.30. The molecular weight excluding hydrogens is 526 g/mol. The zero-order valence-electron chi connectivity index (χ0n) is 23.1. The van der Waals surface area contributed by atoms with Gasteiger partial charge in [0.2, 0.25) is 17.7 Å². The molecular formula is C32H36ClN3O4. The molecule has 210 valence electrons. The molecule has 2 aromatic carbocycles. The molecule has 3 amide bonds. The van der Waals surface area contributed by atoms with E-state index in [1.807, 2.05) is 43.3 Å². The van der Waals surface area contributed by atoms with E-state index in [9.17, 15) is 14.4 Å². The molecule has 6 rings (SSSR count). The summed E-state index contributed by atoms with van der Waals surface area (Å²) >= 11 is 6.01. The molecule has 40 heavy (non-hydrogen) atoms. The van der Waals surface area contributed by atoms with Gasteiger partial charge in [-0.25, -0.2) is 0 Å².